The number of rotatable bonds is 11. The number of esters is 1. The fourth-order valence-electron chi connectivity index (χ4n) is 4.89. The minimum Gasteiger partial charge on any atom is -0.448 e. The lowest BCUT2D eigenvalue weighted by molar-refractivity contribution is -0.154. The molecule has 2 aliphatic heterocycles. The first-order chi connectivity index (χ1) is 22.3. The van der Waals surface area contributed by atoms with E-state index in [9.17, 15) is 14.4 Å². The van der Waals surface area contributed by atoms with Crippen molar-refractivity contribution in [1.82, 2.24) is 24.6 Å². The molecule has 3 N–H and O–H groups in total. The van der Waals surface area contributed by atoms with Crippen LogP contribution in [0.2, 0.25) is 0 Å². The van der Waals surface area contributed by atoms with Crippen molar-refractivity contribution in [3.63, 3.8) is 0 Å². The molecule has 6 rings (SSSR count). The van der Waals surface area contributed by atoms with Crippen LogP contribution in [-0.4, -0.2) is 67.0 Å². The smallest absolute Gasteiger partial charge is 0.356 e. The van der Waals surface area contributed by atoms with Gasteiger partial charge in [-0.25, -0.2) is 14.8 Å². The zero-order valence-electron chi connectivity index (χ0n) is 24.5. The Morgan fingerprint density at radius 3 is 2.41 bits per heavy atom. The number of carbonyl (C=O) groups is 3. The van der Waals surface area contributed by atoms with Crippen LogP contribution in [0.1, 0.15) is 33.8 Å². The number of nitrogens with zero attached hydrogens (tertiary/aromatic N) is 5. The SMILES string of the molecule is CO/N=C(\C(=O)N[C@@H]1C(=O)N2C(C(=O)OC(c3ccccc3)c3ccccc3)=C(SCc3nc(C)ns3)CS[C@H]12)c1csc(N)n1. The number of amides is 2. The van der Waals surface area contributed by atoms with Gasteiger partial charge in [-0.3, -0.25) is 14.5 Å². The van der Waals surface area contributed by atoms with Gasteiger partial charge < -0.3 is 20.6 Å². The van der Waals surface area contributed by atoms with Crippen molar-refractivity contribution < 1.29 is 24.0 Å². The minimum atomic E-state index is -0.922. The maximum Gasteiger partial charge on any atom is 0.356 e. The molecule has 1 fully saturated rings. The van der Waals surface area contributed by atoms with E-state index in [0.717, 1.165) is 27.5 Å². The van der Waals surface area contributed by atoms with Crippen LogP contribution in [0.4, 0.5) is 5.13 Å². The molecule has 2 atom stereocenters. The molecule has 0 spiro atoms. The van der Waals surface area contributed by atoms with Crippen molar-refractivity contribution in [2.75, 3.05) is 18.6 Å². The Labute approximate surface area is 280 Å². The Bertz CT molecular complexity index is 1770. The van der Waals surface area contributed by atoms with Gasteiger partial charge in [0.25, 0.3) is 11.8 Å². The van der Waals surface area contributed by atoms with Crippen LogP contribution in [-0.2, 0) is 29.7 Å². The third-order valence-electron chi connectivity index (χ3n) is 6.94. The monoisotopic (exact) mass is 693 g/mol. The fraction of sp³-hybridized carbons (Fsp3) is 0.233. The van der Waals surface area contributed by atoms with Gasteiger partial charge in [-0.15, -0.1) is 34.9 Å². The van der Waals surface area contributed by atoms with E-state index in [1.807, 2.05) is 67.6 Å². The van der Waals surface area contributed by atoms with Gasteiger partial charge in [-0.05, 0) is 29.6 Å². The number of aromatic nitrogens is 3. The summed E-state index contributed by atoms with van der Waals surface area (Å²) in [5.74, 6) is -0.187. The third kappa shape index (κ3) is 6.65. The summed E-state index contributed by atoms with van der Waals surface area (Å²) >= 11 is 5.30. The summed E-state index contributed by atoms with van der Waals surface area (Å²) in [6.45, 7) is 1.82. The Kier molecular flexibility index (Phi) is 9.67. The molecule has 2 amide bonds. The first kappa shape index (κ1) is 31.7. The Balaban J connectivity index is 1.28. The number of aryl methyl sites for hydroxylation is 1. The summed E-state index contributed by atoms with van der Waals surface area (Å²) in [6.07, 6.45) is -0.710. The van der Waals surface area contributed by atoms with Gasteiger partial charge in [0, 0.05) is 16.0 Å². The molecular weight excluding hydrogens is 667 g/mol. The lowest BCUT2D eigenvalue weighted by Crippen LogP contribution is -2.71. The summed E-state index contributed by atoms with van der Waals surface area (Å²) in [5, 5.41) is 8.64. The molecule has 0 aliphatic carbocycles. The highest BCUT2D eigenvalue weighted by Crippen LogP contribution is 2.45. The van der Waals surface area contributed by atoms with Crippen molar-refractivity contribution >= 4 is 75.0 Å². The molecule has 0 bridgehead atoms. The number of thioether (sulfide) groups is 2. The summed E-state index contributed by atoms with van der Waals surface area (Å²) in [5.41, 5.74) is 7.59. The van der Waals surface area contributed by atoms with Crippen LogP contribution in [0.25, 0.3) is 0 Å². The molecule has 0 saturated carbocycles. The van der Waals surface area contributed by atoms with Gasteiger partial charge in [0.1, 0.15) is 40.7 Å². The predicted molar refractivity (Wildman–Crippen MR) is 179 cm³/mol. The quantitative estimate of drug-likeness (QED) is 0.101. The molecule has 0 radical (unpaired) electrons. The third-order valence-corrected chi connectivity index (χ3v) is 11.2. The van der Waals surface area contributed by atoms with Crippen molar-refractivity contribution in [2.45, 2.75) is 30.2 Å². The number of benzene rings is 2. The number of nitrogens with one attached hydrogen (secondary N) is 1. The highest BCUT2D eigenvalue weighted by Gasteiger charge is 2.55. The number of carbonyl (C=O) groups excluding carboxylic acids is 3. The van der Waals surface area contributed by atoms with E-state index >= 15 is 0 Å². The second kappa shape index (κ2) is 14.0. The van der Waals surface area contributed by atoms with Crippen molar-refractivity contribution in [2.24, 2.45) is 5.16 Å². The van der Waals surface area contributed by atoms with Crippen LogP contribution >= 0.6 is 46.4 Å². The van der Waals surface area contributed by atoms with Crippen molar-refractivity contribution in [1.29, 1.82) is 0 Å². The lowest BCUT2D eigenvalue weighted by Gasteiger charge is -2.49. The topological polar surface area (TPSA) is 162 Å². The molecule has 16 heteroatoms. The molecule has 2 aliphatic rings. The van der Waals surface area contributed by atoms with E-state index in [4.69, 9.17) is 15.3 Å². The minimum absolute atomic E-state index is 0.116. The van der Waals surface area contributed by atoms with Crippen molar-refractivity contribution in [3.05, 3.63) is 104 Å². The molecule has 2 aromatic heterocycles. The summed E-state index contributed by atoms with van der Waals surface area (Å²) < 4.78 is 10.5. The van der Waals surface area contributed by atoms with E-state index in [0.29, 0.717) is 22.2 Å². The molecule has 1 saturated heterocycles. The molecule has 46 heavy (non-hydrogen) atoms. The van der Waals surface area contributed by atoms with E-state index in [1.165, 1.54) is 47.1 Å². The van der Waals surface area contributed by atoms with Gasteiger partial charge >= 0.3 is 5.97 Å². The standard InChI is InChI=1S/C30H27N7O5S4/c1-16-32-21(46-36-16)15-43-20-14-44-28-23(34-26(38)22(35-41-2)19-13-45-30(31)33-19)27(39)37(28)24(20)29(40)42-25(17-9-5-3-6-10-17)18-11-7-4-8-12-18/h3-13,23,25,28H,14-15H2,1-2H3,(H2,31,33)(H,34,38)/b35-22-/t23-,28-/m1/s1. The summed E-state index contributed by atoms with van der Waals surface area (Å²) in [4.78, 5) is 56.7. The van der Waals surface area contributed by atoms with Crippen molar-refractivity contribution in [3.8, 4) is 0 Å². The fourth-order valence-corrected chi connectivity index (χ4v) is 8.69. The summed E-state index contributed by atoms with van der Waals surface area (Å²) in [7, 11) is 1.30. The molecule has 12 nitrogen and oxygen atoms in total. The van der Waals surface area contributed by atoms with Crippen LogP contribution in [0.5, 0.6) is 0 Å². The predicted octanol–water partition coefficient (Wildman–Crippen LogP) is 4.11. The Hall–Kier alpha value is -4.25. The number of nitrogen functional groups attached to an aromatic ring is 1. The number of anilines is 1. The van der Waals surface area contributed by atoms with Gasteiger partial charge in [-0.1, -0.05) is 65.8 Å². The molecule has 4 heterocycles. The number of ether oxygens (including phenoxy) is 1. The number of oxime groups is 1. The van der Waals surface area contributed by atoms with Gasteiger partial charge in [0.2, 0.25) is 0 Å². The number of nitrogens with two attached hydrogens (primary N) is 1. The first-order valence-corrected chi connectivity index (χ1v) is 17.6. The van der Waals surface area contributed by atoms with E-state index in [-0.39, 0.29) is 22.2 Å². The van der Waals surface area contributed by atoms with Gasteiger partial charge in [0.05, 0.1) is 5.75 Å². The summed E-state index contributed by atoms with van der Waals surface area (Å²) in [6, 6.07) is 17.9. The normalized spacial score (nSPS) is 17.8. The molecule has 2 aromatic carbocycles. The molecule has 4 aromatic rings. The number of thiazole rings is 1. The largest absolute Gasteiger partial charge is 0.448 e. The van der Waals surface area contributed by atoms with Crippen LogP contribution < -0.4 is 11.1 Å². The first-order valence-electron chi connectivity index (χ1n) is 13.9. The maximum atomic E-state index is 14.2. The molecular formula is C30H27N7O5S4. The van der Waals surface area contributed by atoms with Crippen LogP contribution in [0.15, 0.2) is 81.8 Å². The number of fused-ring (bicyclic) bond motifs is 1. The average Bonchev–Trinajstić information content (AvgIpc) is 3.71. The Morgan fingerprint density at radius 1 is 1.13 bits per heavy atom. The second-order valence-corrected chi connectivity index (χ2v) is 13.9. The van der Waals surface area contributed by atoms with Gasteiger partial charge in [0.15, 0.2) is 16.9 Å². The van der Waals surface area contributed by atoms with E-state index < -0.39 is 35.3 Å². The van der Waals surface area contributed by atoms with Crippen LogP contribution in [0, 0.1) is 6.92 Å². The van der Waals surface area contributed by atoms with E-state index in [1.54, 1.807) is 5.38 Å². The number of hydrogen-bond acceptors (Lipinski definition) is 14. The molecule has 0 unspecified atom stereocenters. The highest BCUT2D eigenvalue weighted by molar-refractivity contribution is 8.05. The average molecular weight is 694 g/mol. The molecule has 236 valence electrons. The highest BCUT2D eigenvalue weighted by atomic mass is 32.2. The zero-order valence-corrected chi connectivity index (χ0v) is 27.8. The van der Waals surface area contributed by atoms with E-state index in [2.05, 4.69) is 24.8 Å². The van der Waals surface area contributed by atoms with Crippen LogP contribution in [0.3, 0.4) is 0 Å². The Morgan fingerprint density at radius 2 is 1.83 bits per heavy atom. The van der Waals surface area contributed by atoms with Gasteiger partial charge in [-0.2, -0.15) is 4.37 Å². The lowest BCUT2D eigenvalue weighted by atomic mass is 10.0. The number of hydrogen-bond donors (Lipinski definition) is 2. The maximum absolute atomic E-state index is 14.2. The zero-order chi connectivity index (χ0) is 32.2. The number of β-lactam (4-membered cyclic amide) rings is 1. The second-order valence-electron chi connectivity index (χ2n) is 9.96.